The highest BCUT2D eigenvalue weighted by atomic mass is 32.2. The summed E-state index contributed by atoms with van der Waals surface area (Å²) in [6.45, 7) is 6.57. The number of fused-ring (bicyclic) bond motifs is 3. The number of nitrogens with one attached hydrogen (secondary N) is 1. The predicted molar refractivity (Wildman–Crippen MR) is 133 cm³/mol. The number of thiophene rings is 1. The normalized spacial score (nSPS) is 13.5. The Morgan fingerprint density at radius 3 is 2.75 bits per heavy atom. The van der Waals surface area contributed by atoms with Gasteiger partial charge in [-0.05, 0) is 47.3 Å². The number of aromatic nitrogens is 4. The standard InChI is InChI=1S/C23H23N5OS3/c1-23(2,3)14-9-7-13(8-10-14)19-27-22(28-32-19)26-17(29)11-30-20-18-15-5-4-6-16(15)31-21(18)25-12-24-20/h7-10,12H,4-6,11H2,1-3H3,(H,26,28,29). The van der Waals surface area contributed by atoms with Gasteiger partial charge in [-0.3, -0.25) is 10.1 Å². The second-order valence-electron chi connectivity index (χ2n) is 8.80. The van der Waals surface area contributed by atoms with Gasteiger partial charge in [-0.25, -0.2) is 9.97 Å². The maximum absolute atomic E-state index is 12.5. The molecule has 1 N–H and O–H groups in total. The molecule has 0 spiro atoms. The van der Waals surface area contributed by atoms with Gasteiger partial charge in [0.05, 0.1) is 5.75 Å². The summed E-state index contributed by atoms with van der Waals surface area (Å²) >= 11 is 4.49. The van der Waals surface area contributed by atoms with Crippen LogP contribution in [0, 0.1) is 0 Å². The summed E-state index contributed by atoms with van der Waals surface area (Å²) < 4.78 is 4.31. The van der Waals surface area contributed by atoms with Crippen molar-refractivity contribution in [1.29, 1.82) is 0 Å². The van der Waals surface area contributed by atoms with Crippen molar-refractivity contribution in [3.63, 3.8) is 0 Å². The lowest BCUT2D eigenvalue weighted by molar-refractivity contribution is -0.113. The number of hydrogen-bond acceptors (Lipinski definition) is 8. The molecule has 6 nitrogen and oxygen atoms in total. The van der Waals surface area contributed by atoms with E-state index in [0.717, 1.165) is 38.7 Å². The number of rotatable bonds is 5. The quantitative estimate of drug-likeness (QED) is 0.290. The Morgan fingerprint density at radius 1 is 1.16 bits per heavy atom. The first-order chi connectivity index (χ1) is 15.4. The lowest BCUT2D eigenvalue weighted by atomic mass is 9.87. The van der Waals surface area contributed by atoms with Gasteiger partial charge in [-0.15, -0.1) is 11.3 Å². The molecule has 3 heterocycles. The van der Waals surface area contributed by atoms with Gasteiger partial charge in [0.25, 0.3) is 0 Å². The van der Waals surface area contributed by atoms with Crippen molar-refractivity contribution >= 4 is 56.7 Å². The van der Waals surface area contributed by atoms with Gasteiger partial charge < -0.3 is 0 Å². The summed E-state index contributed by atoms with van der Waals surface area (Å²) in [6.07, 6.45) is 4.98. The molecule has 0 aliphatic heterocycles. The molecule has 0 unspecified atom stereocenters. The minimum atomic E-state index is -0.138. The maximum atomic E-state index is 12.5. The van der Waals surface area contributed by atoms with Gasteiger partial charge in [-0.1, -0.05) is 56.8 Å². The molecule has 4 aromatic rings. The Hall–Kier alpha value is -2.36. The highest BCUT2D eigenvalue weighted by Gasteiger charge is 2.22. The molecule has 164 valence electrons. The average molecular weight is 482 g/mol. The van der Waals surface area contributed by atoms with E-state index >= 15 is 0 Å². The topological polar surface area (TPSA) is 80.7 Å². The van der Waals surface area contributed by atoms with Crippen LogP contribution in [0.2, 0.25) is 0 Å². The third-order valence-corrected chi connectivity index (χ3v) is 8.44. The van der Waals surface area contributed by atoms with E-state index in [4.69, 9.17) is 0 Å². The van der Waals surface area contributed by atoms with Crippen molar-refractivity contribution in [3.05, 3.63) is 46.6 Å². The number of carbonyl (C=O) groups excluding carboxylic acids is 1. The van der Waals surface area contributed by atoms with Crippen LogP contribution in [-0.2, 0) is 23.1 Å². The van der Waals surface area contributed by atoms with Crippen molar-refractivity contribution in [2.45, 2.75) is 50.5 Å². The van der Waals surface area contributed by atoms with Crippen molar-refractivity contribution < 1.29 is 4.79 Å². The first-order valence-electron chi connectivity index (χ1n) is 10.5. The molecule has 1 aromatic carbocycles. The fraction of sp³-hybridized carbons (Fsp3) is 0.348. The van der Waals surface area contributed by atoms with Gasteiger partial charge in [0.15, 0.2) is 0 Å². The molecule has 0 atom stereocenters. The first-order valence-corrected chi connectivity index (χ1v) is 13.1. The third kappa shape index (κ3) is 4.29. The molecule has 32 heavy (non-hydrogen) atoms. The Morgan fingerprint density at radius 2 is 1.97 bits per heavy atom. The summed E-state index contributed by atoms with van der Waals surface area (Å²) in [5.41, 5.74) is 3.75. The SMILES string of the molecule is CC(C)(C)c1ccc(-c2nc(NC(=O)CSc3ncnc4sc5c(c34)CCC5)ns2)cc1. The molecule has 0 saturated heterocycles. The van der Waals surface area contributed by atoms with Crippen LogP contribution in [0.3, 0.4) is 0 Å². The van der Waals surface area contributed by atoms with Crippen molar-refractivity contribution in [3.8, 4) is 10.6 Å². The van der Waals surface area contributed by atoms with Gasteiger partial charge in [-0.2, -0.15) is 9.36 Å². The van der Waals surface area contributed by atoms with Gasteiger partial charge >= 0.3 is 0 Å². The van der Waals surface area contributed by atoms with E-state index in [9.17, 15) is 4.79 Å². The Labute approximate surface area is 199 Å². The van der Waals surface area contributed by atoms with Crippen molar-refractivity contribution in [2.24, 2.45) is 0 Å². The number of amides is 1. The van der Waals surface area contributed by atoms with Gasteiger partial charge in [0.2, 0.25) is 11.9 Å². The van der Waals surface area contributed by atoms with Gasteiger partial charge in [0.1, 0.15) is 21.2 Å². The number of anilines is 1. The fourth-order valence-electron chi connectivity index (χ4n) is 3.81. The molecular formula is C23H23N5OS3. The monoisotopic (exact) mass is 481 g/mol. The van der Waals surface area contributed by atoms with Crippen LogP contribution in [0.5, 0.6) is 0 Å². The summed E-state index contributed by atoms with van der Waals surface area (Å²) in [5.74, 6) is 0.465. The number of nitrogens with zero attached hydrogens (tertiary/aromatic N) is 4. The molecule has 5 rings (SSSR count). The smallest absolute Gasteiger partial charge is 0.241 e. The third-order valence-electron chi connectivity index (χ3n) is 5.48. The summed E-state index contributed by atoms with van der Waals surface area (Å²) in [7, 11) is 0. The number of hydrogen-bond donors (Lipinski definition) is 1. The number of thioether (sulfide) groups is 1. The highest BCUT2D eigenvalue weighted by molar-refractivity contribution is 8.00. The van der Waals surface area contributed by atoms with Crippen LogP contribution in [0.4, 0.5) is 5.95 Å². The molecule has 1 aliphatic rings. The Bertz CT molecular complexity index is 1290. The van der Waals surface area contributed by atoms with E-state index in [1.54, 1.807) is 17.7 Å². The molecule has 3 aromatic heterocycles. The van der Waals surface area contributed by atoms with Crippen LogP contribution in [0.1, 0.15) is 43.2 Å². The molecule has 0 bridgehead atoms. The van der Waals surface area contributed by atoms with E-state index < -0.39 is 0 Å². The lowest BCUT2D eigenvalue weighted by Gasteiger charge is -2.18. The highest BCUT2D eigenvalue weighted by Crippen LogP contribution is 2.40. The van der Waals surface area contributed by atoms with E-state index in [0.29, 0.717) is 5.95 Å². The van der Waals surface area contributed by atoms with Crippen LogP contribution >= 0.6 is 34.6 Å². The van der Waals surface area contributed by atoms with E-state index in [1.165, 1.54) is 45.7 Å². The Kier molecular flexibility index (Phi) is 5.73. The molecule has 1 amide bonds. The van der Waals surface area contributed by atoms with Crippen LogP contribution in [0.15, 0.2) is 35.6 Å². The van der Waals surface area contributed by atoms with Crippen LogP contribution in [-0.4, -0.2) is 31.0 Å². The molecular weight excluding hydrogens is 458 g/mol. The predicted octanol–water partition coefficient (Wildman–Crippen LogP) is 5.73. The molecule has 0 fully saturated rings. The largest absolute Gasteiger partial charge is 0.293 e. The van der Waals surface area contributed by atoms with Gasteiger partial charge in [0, 0.05) is 15.8 Å². The summed E-state index contributed by atoms with van der Waals surface area (Å²) in [5, 5.41) is 5.63. The zero-order chi connectivity index (χ0) is 22.3. The summed E-state index contributed by atoms with van der Waals surface area (Å²) in [6, 6.07) is 8.36. The molecule has 9 heteroatoms. The molecule has 0 radical (unpaired) electrons. The fourth-order valence-corrected chi connectivity index (χ4v) is 6.56. The van der Waals surface area contributed by atoms with Crippen molar-refractivity contribution in [1.82, 2.24) is 19.3 Å². The first kappa shape index (κ1) is 21.5. The zero-order valence-electron chi connectivity index (χ0n) is 18.1. The number of benzene rings is 1. The number of carbonyl (C=O) groups is 1. The number of aryl methyl sites for hydroxylation is 2. The van der Waals surface area contributed by atoms with Crippen LogP contribution < -0.4 is 5.32 Å². The summed E-state index contributed by atoms with van der Waals surface area (Å²) in [4.78, 5) is 28.4. The zero-order valence-corrected chi connectivity index (χ0v) is 20.6. The van der Waals surface area contributed by atoms with E-state index in [-0.39, 0.29) is 17.1 Å². The minimum absolute atomic E-state index is 0.106. The minimum Gasteiger partial charge on any atom is -0.293 e. The maximum Gasteiger partial charge on any atom is 0.241 e. The Balaban J connectivity index is 1.24. The molecule has 1 aliphatic carbocycles. The second kappa shape index (κ2) is 8.53. The van der Waals surface area contributed by atoms with E-state index in [2.05, 4.69) is 69.7 Å². The lowest BCUT2D eigenvalue weighted by Crippen LogP contribution is -2.15. The van der Waals surface area contributed by atoms with Crippen LogP contribution in [0.25, 0.3) is 20.8 Å². The van der Waals surface area contributed by atoms with Crippen molar-refractivity contribution in [2.75, 3.05) is 11.1 Å². The second-order valence-corrected chi connectivity index (χ2v) is 11.6. The molecule has 0 saturated carbocycles. The average Bonchev–Trinajstić information content (AvgIpc) is 3.48. The van der Waals surface area contributed by atoms with E-state index in [1.807, 2.05) is 0 Å².